The van der Waals surface area contributed by atoms with E-state index < -0.39 is 0 Å². The monoisotopic (exact) mass is 447 g/mol. The zero-order valence-corrected chi connectivity index (χ0v) is 18.4. The van der Waals surface area contributed by atoms with E-state index in [1.807, 2.05) is 66.9 Å². The van der Waals surface area contributed by atoms with Gasteiger partial charge in [-0.3, -0.25) is 9.69 Å². The summed E-state index contributed by atoms with van der Waals surface area (Å²) in [7, 11) is 3.29. The van der Waals surface area contributed by atoms with Gasteiger partial charge >= 0.3 is 0 Å². The lowest BCUT2D eigenvalue weighted by atomic mass is 10.1. The minimum absolute atomic E-state index is 0.125. The molecule has 0 spiro atoms. The molecule has 2 aromatic heterocycles. The third-order valence-electron chi connectivity index (χ3n) is 5.00. The van der Waals surface area contributed by atoms with E-state index in [9.17, 15) is 4.79 Å². The van der Waals surface area contributed by atoms with Gasteiger partial charge < -0.3 is 9.15 Å². The smallest absolute Gasteiger partial charge is 0.265 e. The Balaban J connectivity index is 1.68. The maximum atomic E-state index is 12.6. The number of amides is 1. The van der Waals surface area contributed by atoms with Crippen LogP contribution in [0.25, 0.3) is 34.2 Å². The first-order valence-corrected chi connectivity index (χ1v) is 10.7. The van der Waals surface area contributed by atoms with Crippen molar-refractivity contribution >= 4 is 51.3 Å². The molecule has 0 N–H and O–H groups in total. The van der Waals surface area contributed by atoms with E-state index in [-0.39, 0.29) is 5.91 Å². The number of carbonyl (C=O) groups excluding carboxylic acids is 1. The van der Waals surface area contributed by atoms with Gasteiger partial charge in [-0.15, -0.1) is 0 Å². The molecule has 0 bridgehead atoms. The average Bonchev–Trinajstić information content (AvgIpc) is 3.47. The Bertz CT molecular complexity index is 1360. The molecule has 31 heavy (non-hydrogen) atoms. The van der Waals surface area contributed by atoms with Crippen LogP contribution >= 0.6 is 24.0 Å². The van der Waals surface area contributed by atoms with Crippen LogP contribution in [-0.4, -0.2) is 39.1 Å². The molecular formula is C23H17N3O3S2. The Kier molecular flexibility index (Phi) is 4.88. The third-order valence-corrected chi connectivity index (χ3v) is 6.48. The summed E-state index contributed by atoms with van der Waals surface area (Å²) in [6.07, 6.45) is 3.70. The number of methoxy groups -OCH3 is 1. The van der Waals surface area contributed by atoms with Crippen molar-refractivity contribution in [1.82, 2.24) is 14.7 Å². The maximum absolute atomic E-state index is 12.6. The largest absolute Gasteiger partial charge is 0.493 e. The van der Waals surface area contributed by atoms with E-state index >= 15 is 0 Å². The number of carbonyl (C=O) groups is 1. The molecule has 1 amide bonds. The highest BCUT2D eigenvalue weighted by Crippen LogP contribution is 2.37. The molecule has 0 unspecified atom stereocenters. The van der Waals surface area contributed by atoms with E-state index in [2.05, 4.69) is 0 Å². The number of aromatic nitrogens is 2. The molecule has 1 saturated heterocycles. The predicted octanol–water partition coefficient (Wildman–Crippen LogP) is 5.13. The second kappa shape index (κ2) is 7.72. The molecule has 154 valence electrons. The number of thioether (sulfide) groups is 1. The summed E-state index contributed by atoms with van der Waals surface area (Å²) < 4.78 is 13.9. The molecule has 0 radical (unpaired) electrons. The number of nitrogens with zero attached hydrogens (tertiary/aromatic N) is 3. The van der Waals surface area contributed by atoms with Crippen LogP contribution in [-0.2, 0) is 4.79 Å². The Morgan fingerprint density at radius 1 is 1.16 bits per heavy atom. The van der Waals surface area contributed by atoms with Crippen LogP contribution in [0, 0.1) is 0 Å². The van der Waals surface area contributed by atoms with Crippen LogP contribution in [0.1, 0.15) is 5.56 Å². The van der Waals surface area contributed by atoms with Crippen molar-refractivity contribution in [2.24, 2.45) is 0 Å². The van der Waals surface area contributed by atoms with Gasteiger partial charge in [-0.1, -0.05) is 54.3 Å². The standard InChI is InChI=1S/C23H17N3O3S2/c1-25-22(27)19(31-23(25)30)12-15-13-26(16-8-4-3-5-9-16)24-20(15)18-11-14-7-6-10-17(28-2)21(14)29-18/h3-13H,1-2H3. The molecule has 1 fully saturated rings. The summed E-state index contributed by atoms with van der Waals surface area (Å²) in [6.45, 7) is 0. The normalized spacial score (nSPS) is 15.4. The minimum Gasteiger partial charge on any atom is -0.493 e. The molecule has 2 aromatic carbocycles. The van der Waals surface area contributed by atoms with E-state index in [4.69, 9.17) is 26.5 Å². The van der Waals surface area contributed by atoms with Gasteiger partial charge in [0.2, 0.25) is 0 Å². The first kappa shape index (κ1) is 19.6. The number of benzene rings is 2. The van der Waals surface area contributed by atoms with Crippen molar-refractivity contribution in [2.45, 2.75) is 0 Å². The summed E-state index contributed by atoms with van der Waals surface area (Å²) in [6, 6.07) is 17.4. The summed E-state index contributed by atoms with van der Waals surface area (Å²) in [4.78, 5) is 14.6. The molecule has 4 aromatic rings. The van der Waals surface area contributed by atoms with Crippen molar-refractivity contribution in [2.75, 3.05) is 14.2 Å². The fourth-order valence-electron chi connectivity index (χ4n) is 3.40. The summed E-state index contributed by atoms with van der Waals surface area (Å²) >= 11 is 6.54. The molecular weight excluding hydrogens is 430 g/mol. The zero-order chi connectivity index (χ0) is 21.5. The number of thiocarbonyl (C=S) groups is 1. The number of hydrogen-bond acceptors (Lipinski definition) is 6. The number of para-hydroxylation sites is 2. The topological polar surface area (TPSA) is 60.5 Å². The lowest BCUT2D eigenvalue weighted by Crippen LogP contribution is -2.22. The van der Waals surface area contributed by atoms with Gasteiger partial charge in [0.1, 0.15) is 10.0 Å². The van der Waals surface area contributed by atoms with Gasteiger partial charge in [-0.25, -0.2) is 4.68 Å². The Morgan fingerprint density at radius 3 is 2.68 bits per heavy atom. The first-order valence-electron chi connectivity index (χ1n) is 9.49. The summed E-state index contributed by atoms with van der Waals surface area (Å²) in [5.74, 6) is 1.12. The SMILES string of the molecule is COc1cccc2cc(-c3nn(-c4ccccc4)cc3C=C3SC(=S)N(C)C3=O)oc12. The van der Waals surface area contributed by atoms with Gasteiger partial charge in [0, 0.05) is 24.2 Å². The van der Waals surface area contributed by atoms with Crippen molar-refractivity contribution < 1.29 is 13.9 Å². The minimum atomic E-state index is -0.125. The highest BCUT2D eigenvalue weighted by atomic mass is 32.2. The number of likely N-dealkylation sites (N-methyl/N-ethyl adjacent to an activating group) is 1. The van der Waals surface area contributed by atoms with Crippen molar-refractivity contribution in [3.63, 3.8) is 0 Å². The van der Waals surface area contributed by atoms with Gasteiger partial charge in [-0.05, 0) is 30.3 Å². The van der Waals surface area contributed by atoms with Crippen molar-refractivity contribution in [1.29, 1.82) is 0 Å². The van der Waals surface area contributed by atoms with Crippen LogP contribution in [0.15, 0.2) is 70.1 Å². The molecule has 0 saturated carbocycles. The van der Waals surface area contributed by atoms with E-state index in [1.54, 1.807) is 18.8 Å². The van der Waals surface area contributed by atoms with Crippen molar-refractivity contribution in [3.8, 4) is 22.9 Å². The average molecular weight is 448 g/mol. The highest BCUT2D eigenvalue weighted by Gasteiger charge is 2.29. The Hall–Kier alpha value is -3.36. The van der Waals surface area contributed by atoms with Crippen LogP contribution < -0.4 is 4.74 Å². The lowest BCUT2D eigenvalue weighted by Gasteiger charge is -2.03. The molecule has 5 rings (SSSR count). The van der Waals surface area contributed by atoms with Gasteiger partial charge in [0.15, 0.2) is 17.1 Å². The van der Waals surface area contributed by atoms with Gasteiger partial charge in [0.25, 0.3) is 5.91 Å². The predicted molar refractivity (Wildman–Crippen MR) is 126 cm³/mol. The first-order chi connectivity index (χ1) is 15.0. The number of hydrogen-bond donors (Lipinski definition) is 0. The van der Waals surface area contributed by atoms with Crippen LogP contribution in [0.2, 0.25) is 0 Å². The Labute approximate surface area is 188 Å². The van der Waals surface area contributed by atoms with Crippen LogP contribution in [0.5, 0.6) is 5.75 Å². The Morgan fingerprint density at radius 2 is 1.97 bits per heavy atom. The number of furan rings is 1. The fourth-order valence-corrected chi connectivity index (χ4v) is 4.57. The second-order valence-electron chi connectivity index (χ2n) is 6.94. The van der Waals surface area contributed by atoms with Gasteiger partial charge in [0.05, 0.1) is 17.7 Å². The molecule has 0 aliphatic carbocycles. The number of ether oxygens (including phenoxy) is 1. The summed E-state index contributed by atoms with van der Waals surface area (Å²) in [5.41, 5.74) is 2.94. The van der Waals surface area contributed by atoms with Crippen molar-refractivity contribution in [3.05, 3.63) is 71.3 Å². The summed E-state index contributed by atoms with van der Waals surface area (Å²) in [5, 5.41) is 5.69. The number of rotatable bonds is 4. The quantitative estimate of drug-likeness (QED) is 0.319. The molecule has 3 heterocycles. The molecule has 0 atom stereocenters. The van der Waals surface area contributed by atoms with E-state index in [1.165, 1.54) is 16.7 Å². The van der Waals surface area contributed by atoms with Crippen LogP contribution in [0.4, 0.5) is 0 Å². The van der Waals surface area contributed by atoms with Crippen LogP contribution in [0.3, 0.4) is 0 Å². The maximum Gasteiger partial charge on any atom is 0.265 e. The van der Waals surface area contributed by atoms with E-state index in [0.29, 0.717) is 32.0 Å². The lowest BCUT2D eigenvalue weighted by molar-refractivity contribution is -0.121. The molecule has 1 aliphatic rings. The highest BCUT2D eigenvalue weighted by molar-refractivity contribution is 8.26. The molecule has 6 nitrogen and oxygen atoms in total. The van der Waals surface area contributed by atoms with Gasteiger partial charge in [-0.2, -0.15) is 5.10 Å². The van der Waals surface area contributed by atoms with E-state index in [0.717, 1.165) is 16.6 Å². The molecule has 8 heteroatoms. The third kappa shape index (κ3) is 3.43. The zero-order valence-electron chi connectivity index (χ0n) is 16.7. The fraction of sp³-hybridized carbons (Fsp3) is 0.0870. The second-order valence-corrected chi connectivity index (χ2v) is 8.62. The number of fused-ring (bicyclic) bond motifs is 1. The molecule has 1 aliphatic heterocycles.